The third kappa shape index (κ3) is 5.30. The van der Waals surface area contributed by atoms with Crippen LogP contribution in [0.1, 0.15) is 29.0 Å². The van der Waals surface area contributed by atoms with Crippen LogP contribution in [0.25, 0.3) is 10.8 Å². The molecule has 0 spiro atoms. The van der Waals surface area contributed by atoms with E-state index < -0.39 is 0 Å². The molecule has 0 aliphatic rings. The fourth-order valence-corrected chi connectivity index (χ4v) is 3.89. The molecular formula is C25H21BrN4OS. The maximum Gasteiger partial charge on any atom is 0.274 e. The van der Waals surface area contributed by atoms with E-state index in [2.05, 4.69) is 43.8 Å². The van der Waals surface area contributed by atoms with E-state index in [1.54, 1.807) is 6.20 Å². The van der Waals surface area contributed by atoms with Crippen LogP contribution in [0.3, 0.4) is 0 Å². The number of fused-ring (bicyclic) bond motifs is 1. The summed E-state index contributed by atoms with van der Waals surface area (Å²) in [4.78, 5) is 17.0. The van der Waals surface area contributed by atoms with Crippen molar-refractivity contribution in [2.45, 2.75) is 13.0 Å². The topological polar surface area (TPSA) is 66.0 Å². The summed E-state index contributed by atoms with van der Waals surface area (Å²) in [6, 6.07) is 25.1. The van der Waals surface area contributed by atoms with Gasteiger partial charge >= 0.3 is 0 Å². The van der Waals surface area contributed by atoms with Gasteiger partial charge in [0.1, 0.15) is 5.69 Å². The van der Waals surface area contributed by atoms with Gasteiger partial charge in [-0.3, -0.25) is 9.78 Å². The SMILES string of the molecule is C[C@H](NC(=S)Nc1ccc(NC(=O)c2nccc3ccccc23)cc1)c1ccc(Br)cc1. The molecule has 1 atom stereocenters. The Labute approximate surface area is 200 Å². The Balaban J connectivity index is 1.37. The summed E-state index contributed by atoms with van der Waals surface area (Å²) in [5.41, 5.74) is 3.04. The molecule has 4 aromatic rings. The zero-order valence-corrected chi connectivity index (χ0v) is 19.7. The number of thiocarbonyl (C=S) groups is 1. The second-order valence-electron chi connectivity index (χ2n) is 7.28. The lowest BCUT2D eigenvalue weighted by Gasteiger charge is -2.17. The van der Waals surface area contributed by atoms with Gasteiger partial charge in [-0.15, -0.1) is 0 Å². The Bertz CT molecular complexity index is 1250. The Kier molecular flexibility index (Phi) is 6.78. The highest BCUT2D eigenvalue weighted by molar-refractivity contribution is 9.10. The number of nitrogens with one attached hydrogen (secondary N) is 3. The number of nitrogens with zero attached hydrogens (tertiary/aromatic N) is 1. The Morgan fingerprint density at radius 2 is 1.56 bits per heavy atom. The molecule has 1 heterocycles. The zero-order valence-electron chi connectivity index (χ0n) is 17.3. The van der Waals surface area contributed by atoms with E-state index >= 15 is 0 Å². The molecule has 3 N–H and O–H groups in total. The zero-order chi connectivity index (χ0) is 22.5. The normalized spacial score (nSPS) is 11.6. The van der Waals surface area contributed by atoms with Crippen molar-refractivity contribution in [3.05, 3.63) is 101 Å². The number of hydrogen-bond acceptors (Lipinski definition) is 3. The third-order valence-corrected chi connectivity index (χ3v) is 5.76. The van der Waals surface area contributed by atoms with Gasteiger partial charge < -0.3 is 16.0 Å². The molecule has 0 radical (unpaired) electrons. The first kappa shape index (κ1) is 21.9. The van der Waals surface area contributed by atoms with Gasteiger partial charge in [-0.1, -0.05) is 52.3 Å². The minimum absolute atomic E-state index is 0.0647. The summed E-state index contributed by atoms with van der Waals surface area (Å²) in [7, 11) is 0. The highest BCUT2D eigenvalue weighted by atomic mass is 79.9. The third-order valence-electron chi connectivity index (χ3n) is 5.01. The average molecular weight is 505 g/mol. The molecule has 0 aliphatic heterocycles. The summed E-state index contributed by atoms with van der Waals surface area (Å²) < 4.78 is 1.04. The Morgan fingerprint density at radius 3 is 2.28 bits per heavy atom. The summed E-state index contributed by atoms with van der Waals surface area (Å²) in [5.74, 6) is -0.247. The molecular weight excluding hydrogens is 484 g/mol. The van der Waals surface area contributed by atoms with Crippen molar-refractivity contribution in [2.24, 2.45) is 0 Å². The van der Waals surface area contributed by atoms with Gasteiger partial charge in [0.05, 0.1) is 6.04 Å². The molecule has 3 aromatic carbocycles. The first-order chi connectivity index (χ1) is 15.5. The van der Waals surface area contributed by atoms with Crippen LogP contribution >= 0.6 is 28.1 Å². The van der Waals surface area contributed by atoms with Crippen LogP contribution in [-0.4, -0.2) is 16.0 Å². The van der Waals surface area contributed by atoms with Crippen LogP contribution < -0.4 is 16.0 Å². The summed E-state index contributed by atoms with van der Waals surface area (Å²) in [5, 5.41) is 11.7. The molecule has 5 nitrogen and oxygen atoms in total. The number of benzene rings is 3. The minimum Gasteiger partial charge on any atom is -0.356 e. The second kappa shape index (κ2) is 9.89. The summed E-state index contributed by atoms with van der Waals surface area (Å²) in [6.07, 6.45) is 1.65. The molecule has 0 fully saturated rings. The molecule has 1 amide bonds. The van der Waals surface area contributed by atoms with Crippen LogP contribution in [0.5, 0.6) is 0 Å². The molecule has 7 heteroatoms. The van der Waals surface area contributed by atoms with Crippen LogP contribution in [0, 0.1) is 0 Å². The van der Waals surface area contributed by atoms with E-state index in [4.69, 9.17) is 12.2 Å². The quantitative estimate of drug-likeness (QED) is 0.278. The average Bonchev–Trinajstić information content (AvgIpc) is 2.80. The number of carbonyl (C=O) groups excluding carboxylic acids is 1. The van der Waals surface area contributed by atoms with Crippen LogP contribution in [-0.2, 0) is 0 Å². The number of anilines is 2. The number of rotatable bonds is 5. The van der Waals surface area contributed by atoms with Crippen molar-refractivity contribution >= 4 is 61.3 Å². The molecule has 0 saturated heterocycles. The van der Waals surface area contributed by atoms with Crippen molar-refractivity contribution in [3.8, 4) is 0 Å². The Morgan fingerprint density at radius 1 is 0.906 bits per heavy atom. The number of halogens is 1. The maximum absolute atomic E-state index is 12.7. The monoisotopic (exact) mass is 504 g/mol. The van der Waals surface area contributed by atoms with Crippen LogP contribution in [0.4, 0.5) is 11.4 Å². The second-order valence-corrected chi connectivity index (χ2v) is 8.61. The van der Waals surface area contributed by atoms with Gasteiger partial charge in [0, 0.05) is 27.4 Å². The predicted octanol–water partition coefficient (Wildman–Crippen LogP) is 6.30. The molecule has 4 rings (SSSR count). The van der Waals surface area contributed by atoms with Gasteiger partial charge in [-0.05, 0) is 72.6 Å². The number of carbonyl (C=O) groups is 1. The van der Waals surface area contributed by atoms with Crippen molar-refractivity contribution < 1.29 is 4.79 Å². The largest absolute Gasteiger partial charge is 0.356 e. The Hall–Kier alpha value is -3.29. The fourth-order valence-electron chi connectivity index (χ4n) is 3.33. The predicted molar refractivity (Wildman–Crippen MR) is 138 cm³/mol. The van der Waals surface area contributed by atoms with Crippen LogP contribution in [0.2, 0.25) is 0 Å². The van der Waals surface area contributed by atoms with Gasteiger partial charge in [0.25, 0.3) is 5.91 Å². The summed E-state index contributed by atoms with van der Waals surface area (Å²) >= 11 is 8.89. The fraction of sp³-hybridized carbons (Fsp3) is 0.0800. The number of aromatic nitrogens is 1. The van der Waals surface area contributed by atoms with Crippen molar-refractivity contribution in [3.63, 3.8) is 0 Å². The van der Waals surface area contributed by atoms with Gasteiger partial charge in [-0.2, -0.15) is 0 Å². The maximum atomic E-state index is 12.7. The van der Waals surface area contributed by atoms with E-state index in [-0.39, 0.29) is 11.9 Å². The van der Waals surface area contributed by atoms with E-state index in [1.165, 1.54) is 0 Å². The van der Waals surface area contributed by atoms with E-state index in [1.807, 2.05) is 78.9 Å². The molecule has 0 aliphatic carbocycles. The highest BCUT2D eigenvalue weighted by Crippen LogP contribution is 2.20. The van der Waals surface area contributed by atoms with Crippen LogP contribution in [0.15, 0.2) is 89.5 Å². The van der Waals surface area contributed by atoms with Crippen molar-refractivity contribution in [2.75, 3.05) is 10.6 Å². The lowest BCUT2D eigenvalue weighted by atomic mass is 10.1. The summed E-state index contributed by atoms with van der Waals surface area (Å²) in [6.45, 7) is 2.05. The first-order valence-corrected chi connectivity index (χ1v) is 11.3. The minimum atomic E-state index is -0.247. The standard InChI is InChI=1S/C25H21BrN4OS/c1-16(17-6-8-19(26)9-7-17)28-25(32)30-21-12-10-20(11-13-21)29-24(31)23-22-5-3-2-4-18(22)14-15-27-23/h2-16H,1H3,(H,29,31)(H2,28,30,32)/t16-/m0/s1. The molecule has 160 valence electrons. The number of hydrogen-bond donors (Lipinski definition) is 3. The molecule has 0 bridgehead atoms. The van der Waals surface area contributed by atoms with E-state index in [0.29, 0.717) is 16.5 Å². The molecule has 0 saturated carbocycles. The van der Waals surface area contributed by atoms with Crippen molar-refractivity contribution in [1.29, 1.82) is 0 Å². The van der Waals surface area contributed by atoms with Gasteiger partial charge in [0.15, 0.2) is 5.11 Å². The number of pyridine rings is 1. The molecule has 32 heavy (non-hydrogen) atoms. The van der Waals surface area contributed by atoms with E-state index in [9.17, 15) is 4.79 Å². The van der Waals surface area contributed by atoms with E-state index in [0.717, 1.165) is 26.5 Å². The molecule has 0 unspecified atom stereocenters. The van der Waals surface area contributed by atoms with Gasteiger partial charge in [-0.25, -0.2) is 0 Å². The highest BCUT2D eigenvalue weighted by Gasteiger charge is 2.12. The first-order valence-electron chi connectivity index (χ1n) is 10.1. The smallest absolute Gasteiger partial charge is 0.274 e. The molecule has 1 aromatic heterocycles. The number of amides is 1. The lowest BCUT2D eigenvalue weighted by molar-refractivity contribution is 0.102. The van der Waals surface area contributed by atoms with Gasteiger partial charge in [0.2, 0.25) is 0 Å². The lowest BCUT2D eigenvalue weighted by Crippen LogP contribution is -2.30. The van der Waals surface area contributed by atoms with Crippen molar-refractivity contribution in [1.82, 2.24) is 10.3 Å².